The third-order valence-corrected chi connectivity index (χ3v) is 6.19. The van der Waals surface area contributed by atoms with Gasteiger partial charge in [-0.25, -0.2) is 8.42 Å². The highest BCUT2D eigenvalue weighted by Gasteiger charge is 2.28. The van der Waals surface area contributed by atoms with Crippen molar-refractivity contribution in [2.24, 2.45) is 0 Å². The first-order valence-corrected chi connectivity index (χ1v) is 10.4. The number of carbonyl (C=O) groups is 1. The topological polar surface area (TPSA) is 75.3 Å². The van der Waals surface area contributed by atoms with Crippen molar-refractivity contribution in [2.75, 3.05) is 6.54 Å². The van der Waals surface area contributed by atoms with E-state index in [9.17, 15) is 13.2 Å². The zero-order valence-corrected chi connectivity index (χ0v) is 15.8. The maximum atomic E-state index is 12.9. The van der Waals surface area contributed by atoms with Crippen molar-refractivity contribution in [2.45, 2.75) is 36.6 Å². The summed E-state index contributed by atoms with van der Waals surface area (Å²) in [6.45, 7) is 0.581. The Morgan fingerprint density at radius 2 is 1.88 bits per heavy atom. The van der Waals surface area contributed by atoms with Crippen molar-refractivity contribution >= 4 is 27.5 Å². The number of rotatable bonds is 5. The van der Waals surface area contributed by atoms with E-state index in [2.05, 4.69) is 10.0 Å². The van der Waals surface area contributed by atoms with Gasteiger partial charge in [-0.05, 0) is 55.0 Å². The maximum absolute atomic E-state index is 12.9. The molecule has 2 N–H and O–H groups in total. The molecule has 2 aromatic rings. The molecule has 0 aromatic heterocycles. The second kappa shape index (κ2) is 8.20. The van der Waals surface area contributed by atoms with Crippen molar-refractivity contribution in [1.29, 1.82) is 0 Å². The summed E-state index contributed by atoms with van der Waals surface area (Å²) in [4.78, 5) is 12.2. The Labute approximate surface area is 158 Å². The Balaban J connectivity index is 1.90. The van der Waals surface area contributed by atoms with Gasteiger partial charge in [0.15, 0.2) is 0 Å². The van der Waals surface area contributed by atoms with Crippen LogP contribution in [0, 0.1) is 0 Å². The minimum absolute atomic E-state index is 0.155. The number of amides is 1. The van der Waals surface area contributed by atoms with E-state index in [4.69, 9.17) is 11.6 Å². The second-order valence-corrected chi connectivity index (χ2v) is 8.49. The van der Waals surface area contributed by atoms with Crippen LogP contribution in [0.5, 0.6) is 0 Å². The largest absolute Gasteiger partial charge is 0.355 e. The minimum atomic E-state index is -3.85. The smallest absolute Gasteiger partial charge is 0.241 e. The molecule has 0 bridgehead atoms. The van der Waals surface area contributed by atoms with Gasteiger partial charge in [0.2, 0.25) is 15.9 Å². The fraction of sp³-hybridized carbons (Fsp3) is 0.316. The molecule has 1 aliphatic rings. The number of sulfonamides is 1. The van der Waals surface area contributed by atoms with Crippen molar-refractivity contribution in [3.8, 4) is 0 Å². The first-order valence-electron chi connectivity index (χ1n) is 8.58. The van der Waals surface area contributed by atoms with Gasteiger partial charge in [0, 0.05) is 11.6 Å². The Bertz CT molecular complexity index is 885. The second-order valence-electron chi connectivity index (χ2n) is 6.38. The molecule has 1 amide bonds. The van der Waals surface area contributed by atoms with Gasteiger partial charge in [0.1, 0.15) is 6.04 Å². The number of benzene rings is 2. The van der Waals surface area contributed by atoms with Gasteiger partial charge in [-0.1, -0.05) is 41.9 Å². The summed E-state index contributed by atoms with van der Waals surface area (Å²) >= 11 is 6.09. The molecule has 5 nitrogen and oxygen atoms in total. The molecule has 138 valence electrons. The minimum Gasteiger partial charge on any atom is -0.355 e. The van der Waals surface area contributed by atoms with Gasteiger partial charge in [0.05, 0.1) is 4.90 Å². The standard InChI is InChI=1S/C19H21ClN2O3S/c20-16-9-10-18(15(13-16)12-14-6-2-1-3-7-14)26(24,25)22-17-8-4-5-11-21-19(17)23/h1-3,6-7,9-10,13,17,22H,4-5,8,11-12H2,(H,21,23)/t17-/m1/s1. The van der Waals surface area contributed by atoms with Crippen LogP contribution in [0.4, 0.5) is 0 Å². The van der Waals surface area contributed by atoms with Crippen molar-refractivity contribution in [1.82, 2.24) is 10.0 Å². The fourth-order valence-electron chi connectivity index (χ4n) is 3.07. The average molecular weight is 393 g/mol. The van der Waals surface area contributed by atoms with Crippen LogP contribution < -0.4 is 10.0 Å². The molecular formula is C19H21ClN2O3S. The van der Waals surface area contributed by atoms with E-state index < -0.39 is 16.1 Å². The van der Waals surface area contributed by atoms with Gasteiger partial charge >= 0.3 is 0 Å². The normalized spacial score (nSPS) is 18.2. The van der Waals surface area contributed by atoms with Crippen molar-refractivity contribution in [3.05, 3.63) is 64.7 Å². The Morgan fingerprint density at radius 1 is 1.12 bits per heavy atom. The third-order valence-electron chi connectivity index (χ3n) is 4.38. The lowest BCUT2D eigenvalue weighted by Crippen LogP contribution is -2.45. The Hall–Kier alpha value is -1.89. The molecule has 1 heterocycles. The van der Waals surface area contributed by atoms with Crippen LogP contribution in [0.3, 0.4) is 0 Å². The maximum Gasteiger partial charge on any atom is 0.241 e. The van der Waals surface area contributed by atoms with Gasteiger partial charge in [-0.15, -0.1) is 0 Å². The SMILES string of the molecule is O=C1NCCCC[C@H]1NS(=O)(=O)c1ccc(Cl)cc1Cc1ccccc1. The van der Waals surface area contributed by atoms with E-state index in [1.807, 2.05) is 30.3 Å². The molecule has 0 saturated carbocycles. The number of halogens is 1. The first kappa shape index (κ1) is 18.9. The van der Waals surface area contributed by atoms with Gasteiger partial charge < -0.3 is 5.32 Å². The molecule has 0 radical (unpaired) electrons. The van der Waals surface area contributed by atoms with E-state index in [-0.39, 0.29) is 10.8 Å². The summed E-state index contributed by atoms with van der Waals surface area (Å²) in [5.41, 5.74) is 1.59. The lowest BCUT2D eigenvalue weighted by atomic mass is 10.1. The predicted molar refractivity (Wildman–Crippen MR) is 102 cm³/mol. The van der Waals surface area contributed by atoms with Crippen LogP contribution >= 0.6 is 11.6 Å². The van der Waals surface area contributed by atoms with E-state index in [1.165, 1.54) is 6.07 Å². The summed E-state index contributed by atoms with van der Waals surface area (Å²) in [7, 11) is -3.85. The highest BCUT2D eigenvalue weighted by Crippen LogP contribution is 2.24. The quantitative estimate of drug-likeness (QED) is 0.821. The molecule has 26 heavy (non-hydrogen) atoms. The fourth-order valence-corrected chi connectivity index (χ4v) is 4.71. The lowest BCUT2D eigenvalue weighted by Gasteiger charge is -2.17. The first-order chi connectivity index (χ1) is 12.5. The van der Waals surface area contributed by atoms with E-state index >= 15 is 0 Å². The molecule has 1 aliphatic heterocycles. The molecule has 1 saturated heterocycles. The van der Waals surface area contributed by atoms with Crippen molar-refractivity contribution in [3.63, 3.8) is 0 Å². The molecule has 0 unspecified atom stereocenters. The number of nitrogens with one attached hydrogen (secondary N) is 2. The van der Waals surface area contributed by atoms with Gasteiger partial charge in [0.25, 0.3) is 0 Å². The van der Waals surface area contributed by atoms with E-state index in [1.54, 1.807) is 12.1 Å². The zero-order valence-electron chi connectivity index (χ0n) is 14.2. The van der Waals surface area contributed by atoms with Gasteiger partial charge in [-0.2, -0.15) is 4.72 Å². The van der Waals surface area contributed by atoms with E-state index in [0.717, 1.165) is 18.4 Å². The van der Waals surface area contributed by atoms with Crippen LogP contribution in [0.2, 0.25) is 5.02 Å². The summed E-state index contributed by atoms with van der Waals surface area (Å²) < 4.78 is 28.5. The lowest BCUT2D eigenvalue weighted by molar-refractivity contribution is -0.122. The molecule has 1 atom stereocenters. The monoisotopic (exact) mass is 392 g/mol. The summed E-state index contributed by atoms with van der Waals surface area (Å²) in [5, 5.41) is 3.22. The molecule has 1 fully saturated rings. The summed E-state index contributed by atoms with van der Waals surface area (Å²) in [6.07, 6.45) is 2.58. The van der Waals surface area contributed by atoms with Crippen LogP contribution in [0.15, 0.2) is 53.4 Å². The van der Waals surface area contributed by atoms with Crippen LogP contribution in [-0.4, -0.2) is 26.9 Å². The summed E-state index contributed by atoms with van der Waals surface area (Å²) in [6, 6.07) is 13.6. The van der Waals surface area contributed by atoms with E-state index in [0.29, 0.717) is 30.0 Å². The van der Waals surface area contributed by atoms with Crippen molar-refractivity contribution < 1.29 is 13.2 Å². The highest BCUT2D eigenvalue weighted by atomic mass is 35.5. The third kappa shape index (κ3) is 4.63. The highest BCUT2D eigenvalue weighted by molar-refractivity contribution is 7.89. The number of hydrogen-bond donors (Lipinski definition) is 2. The number of hydrogen-bond acceptors (Lipinski definition) is 3. The molecule has 0 aliphatic carbocycles. The Kier molecular flexibility index (Phi) is 5.96. The van der Waals surface area contributed by atoms with Crippen LogP contribution in [-0.2, 0) is 21.2 Å². The molecule has 7 heteroatoms. The van der Waals surface area contributed by atoms with Gasteiger partial charge in [-0.3, -0.25) is 4.79 Å². The molecular weight excluding hydrogens is 372 g/mol. The van der Waals surface area contributed by atoms with Crippen LogP contribution in [0.25, 0.3) is 0 Å². The zero-order chi connectivity index (χ0) is 18.6. The predicted octanol–water partition coefficient (Wildman–Crippen LogP) is 2.88. The molecule has 0 spiro atoms. The molecule has 2 aromatic carbocycles. The number of carbonyl (C=O) groups excluding carboxylic acids is 1. The average Bonchev–Trinajstić information content (AvgIpc) is 2.80. The summed E-state index contributed by atoms with van der Waals surface area (Å²) in [5.74, 6) is -0.273. The Morgan fingerprint density at radius 3 is 2.65 bits per heavy atom. The molecule has 3 rings (SSSR count). The van der Waals surface area contributed by atoms with Crippen LogP contribution in [0.1, 0.15) is 30.4 Å².